The quantitative estimate of drug-likeness (QED) is 0.380. The molecule has 0 N–H and O–H groups in total. The molecular formula is C16H22INO3. The first kappa shape index (κ1) is 16.5. The lowest BCUT2D eigenvalue weighted by Crippen LogP contribution is -3.00. The summed E-state index contributed by atoms with van der Waals surface area (Å²) in [5.74, 6) is 1.64. The van der Waals surface area contributed by atoms with E-state index in [2.05, 4.69) is 7.05 Å². The number of carbonyl (C=O) groups is 1. The molecule has 0 spiro atoms. The molecule has 4 nitrogen and oxygen atoms in total. The van der Waals surface area contributed by atoms with Crippen LogP contribution in [0, 0.1) is 0 Å². The Labute approximate surface area is 143 Å². The van der Waals surface area contributed by atoms with Gasteiger partial charge in [0.2, 0.25) is 5.78 Å². The first-order chi connectivity index (χ1) is 9.66. The van der Waals surface area contributed by atoms with Crippen molar-refractivity contribution in [1.29, 1.82) is 0 Å². The number of quaternary nitrogens is 1. The summed E-state index contributed by atoms with van der Waals surface area (Å²) in [5.41, 5.74) is 0.735. The average Bonchev–Trinajstić information content (AvgIpc) is 2.47. The van der Waals surface area contributed by atoms with Crippen LogP contribution < -0.4 is 33.5 Å². The molecule has 2 heterocycles. The van der Waals surface area contributed by atoms with Crippen LogP contribution in [0.4, 0.5) is 0 Å². The van der Waals surface area contributed by atoms with Crippen LogP contribution >= 0.6 is 0 Å². The Morgan fingerprint density at radius 2 is 1.76 bits per heavy atom. The van der Waals surface area contributed by atoms with Crippen molar-refractivity contribution in [2.45, 2.75) is 19.3 Å². The minimum Gasteiger partial charge on any atom is -1.00 e. The first-order valence-corrected chi connectivity index (χ1v) is 7.43. The molecule has 1 aromatic rings. The molecular weight excluding hydrogens is 381 g/mol. The molecule has 0 aromatic heterocycles. The van der Waals surface area contributed by atoms with Gasteiger partial charge in [0, 0.05) is 5.56 Å². The largest absolute Gasteiger partial charge is 1.00 e. The number of ether oxygens (including phenoxy) is 2. The third kappa shape index (κ3) is 3.88. The number of halogens is 1. The molecule has 21 heavy (non-hydrogen) atoms. The minimum atomic E-state index is 0. The van der Waals surface area contributed by atoms with Gasteiger partial charge in [-0.3, -0.25) is 4.79 Å². The van der Waals surface area contributed by atoms with E-state index >= 15 is 0 Å². The van der Waals surface area contributed by atoms with Crippen LogP contribution in [0.2, 0.25) is 0 Å². The van der Waals surface area contributed by atoms with Crippen LogP contribution in [-0.2, 0) is 0 Å². The predicted octanol–water partition coefficient (Wildman–Crippen LogP) is -0.725. The van der Waals surface area contributed by atoms with Gasteiger partial charge in [-0.15, -0.1) is 0 Å². The minimum absolute atomic E-state index is 0. The highest BCUT2D eigenvalue weighted by Gasteiger charge is 2.28. The van der Waals surface area contributed by atoms with Crippen molar-refractivity contribution in [2.24, 2.45) is 0 Å². The molecule has 1 fully saturated rings. The van der Waals surface area contributed by atoms with Crippen LogP contribution in [0.1, 0.15) is 29.6 Å². The van der Waals surface area contributed by atoms with Gasteiger partial charge in [-0.05, 0) is 37.5 Å². The van der Waals surface area contributed by atoms with Crippen molar-refractivity contribution in [3.8, 4) is 11.5 Å². The second kappa shape index (κ2) is 6.96. The van der Waals surface area contributed by atoms with Gasteiger partial charge in [0.05, 0.1) is 20.1 Å². The van der Waals surface area contributed by atoms with E-state index < -0.39 is 0 Å². The molecule has 0 amide bonds. The Balaban J connectivity index is 0.00000161. The predicted molar refractivity (Wildman–Crippen MR) is 76.4 cm³/mol. The second-order valence-corrected chi connectivity index (χ2v) is 6.07. The number of hydrogen-bond acceptors (Lipinski definition) is 3. The molecule has 3 rings (SSSR count). The molecule has 2 aliphatic rings. The van der Waals surface area contributed by atoms with Crippen molar-refractivity contribution in [2.75, 3.05) is 39.9 Å². The van der Waals surface area contributed by atoms with Gasteiger partial charge >= 0.3 is 0 Å². The van der Waals surface area contributed by atoms with Gasteiger partial charge in [-0.2, -0.15) is 0 Å². The van der Waals surface area contributed by atoms with E-state index in [0.29, 0.717) is 25.5 Å². The van der Waals surface area contributed by atoms with E-state index in [0.717, 1.165) is 28.9 Å². The second-order valence-electron chi connectivity index (χ2n) is 6.07. The zero-order valence-electron chi connectivity index (χ0n) is 12.4. The summed E-state index contributed by atoms with van der Waals surface area (Å²) in [4.78, 5) is 12.5. The summed E-state index contributed by atoms with van der Waals surface area (Å²) in [6.45, 7) is 3.93. The van der Waals surface area contributed by atoms with Crippen molar-refractivity contribution < 1.29 is 42.7 Å². The highest BCUT2D eigenvalue weighted by Crippen LogP contribution is 2.31. The Hall–Kier alpha value is -0.820. The molecule has 0 saturated carbocycles. The number of Topliss-reactive ketones (excluding diaryl/α,β-unsaturated/α-hetero) is 1. The third-order valence-electron chi connectivity index (χ3n) is 4.29. The summed E-state index contributed by atoms with van der Waals surface area (Å²) in [7, 11) is 2.19. The number of likely N-dealkylation sites (N-methyl/N-ethyl adjacent to an activating group) is 1. The Morgan fingerprint density at radius 1 is 1.10 bits per heavy atom. The highest BCUT2D eigenvalue weighted by molar-refractivity contribution is 5.97. The number of carbonyl (C=O) groups excluding carboxylic acids is 1. The van der Waals surface area contributed by atoms with E-state index in [1.54, 1.807) is 0 Å². The fourth-order valence-electron chi connectivity index (χ4n) is 3.09. The van der Waals surface area contributed by atoms with Gasteiger partial charge in [0.1, 0.15) is 19.8 Å². The summed E-state index contributed by atoms with van der Waals surface area (Å²) < 4.78 is 11.9. The van der Waals surface area contributed by atoms with Crippen molar-refractivity contribution in [3.05, 3.63) is 23.8 Å². The zero-order chi connectivity index (χ0) is 14.0. The van der Waals surface area contributed by atoms with Crippen LogP contribution in [-0.4, -0.2) is 50.2 Å². The summed E-state index contributed by atoms with van der Waals surface area (Å²) >= 11 is 0. The van der Waals surface area contributed by atoms with E-state index in [1.807, 2.05) is 18.2 Å². The molecule has 0 radical (unpaired) electrons. The summed E-state index contributed by atoms with van der Waals surface area (Å²) in [5, 5.41) is 0. The van der Waals surface area contributed by atoms with E-state index in [-0.39, 0.29) is 29.8 Å². The summed E-state index contributed by atoms with van der Waals surface area (Å²) in [6, 6.07) is 5.52. The Morgan fingerprint density at radius 3 is 2.48 bits per heavy atom. The number of fused-ring (bicyclic) bond motifs is 1. The van der Waals surface area contributed by atoms with Crippen molar-refractivity contribution in [3.63, 3.8) is 0 Å². The fourth-order valence-corrected chi connectivity index (χ4v) is 3.09. The van der Waals surface area contributed by atoms with E-state index in [9.17, 15) is 4.79 Å². The lowest BCUT2D eigenvalue weighted by molar-refractivity contribution is -0.906. The van der Waals surface area contributed by atoms with Crippen LogP contribution in [0.15, 0.2) is 18.2 Å². The van der Waals surface area contributed by atoms with Crippen molar-refractivity contribution in [1.82, 2.24) is 0 Å². The maximum absolute atomic E-state index is 12.5. The summed E-state index contributed by atoms with van der Waals surface area (Å²) in [6.07, 6.45) is 3.75. The van der Waals surface area contributed by atoms with Crippen LogP contribution in [0.5, 0.6) is 11.5 Å². The van der Waals surface area contributed by atoms with Crippen LogP contribution in [0.3, 0.4) is 0 Å². The monoisotopic (exact) mass is 403 g/mol. The first-order valence-electron chi connectivity index (χ1n) is 7.43. The SMILES string of the molecule is C[N+]1(CC(=O)c2ccc3c(c2)OCCO3)CCCCC1.[I-]. The van der Waals surface area contributed by atoms with Gasteiger partial charge in [0.15, 0.2) is 11.5 Å². The molecule has 0 aliphatic carbocycles. The van der Waals surface area contributed by atoms with E-state index in [4.69, 9.17) is 9.47 Å². The standard InChI is InChI=1S/C16H22NO3.HI/c1-17(7-3-2-4-8-17)12-14(18)13-5-6-15-16(11-13)20-10-9-19-15;/h5-6,11H,2-4,7-10,12H2,1H3;1H/q+1;/p-1. The molecule has 1 saturated heterocycles. The molecule has 0 unspecified atom stereocenters. The molecule has 116 valence electrons. The normalized spacial score (nSPS) is 19.5. The van der Waals surface area contributed by atoms with Gasteiger partial charge in [-0.1, -0.05) is 0 Å². The highest BCUT2D eigenvalue weighted by atomic mass is 127. The third-order valence-corrected chi connectivity index (χ3v) is 4.29. The zero-order valence-corrected chi connectivity index (χ0v) is 14.6. The molecule has 2 aliphatic heterocycles. The smallest absolute Gasteiger partial charge is 0.217 e. The van der Waals surface area contributed by atoms with Gasteiger partial charge in [-0.25, -0.2) is 0 Å². The lowest BCUT2D eigenvalue weighted by atomic mass is 10.0. The number of piperidine rings is 1. The maximum atomic E-state index is 12.5. The van der Waals surface area contributed by atoms with Crippen molar-refractivity contribution >= 4 is 5.78 Å². The topological polar surface area (TPSA) is 35.5 Å². The Bertz CT molecular complexity index is 512. The fraction of sp³-hybridized carbons (Fsp3) is 0.562. The number of likely N-dealkylation sites (tertiary alicyclic amines) is 1. The average molecular weight is 403 g/mol. The van der Waals surface area contributed by atoms with Gasteiger partial charge < -0.3 is 37.9 Å². The Kier molecular flexibility index (Phi) is 5.48. The maximum Gasteiger partial charge on any atom is 0.217 e. The number of benzene rings is 1. The number of ketones is 1. The number of hydrogen-bond donors (Lipinski definition) is 0. The number of nitrogens with zero attached hydrogens (tertiary/aromatic N) is 1. The lowest BCUT2D eigenvalue weighted by Gasteiger charge is -2.37. The van der Waals surface area contributed by atoms with E-state index in [1.165, 1.54) is 19.3 Å². The van der Waals surface area contributed by atoms with Gasteiger partial charge in [0.25, 0.3) is 0 Å². The molecule has 1 aromatic carbocycles. The molecule has 5 heteroatoms. The molecule has 0 atom stereocenters. The van der Waals surface area contributed by atoms with Crippen LogP contribution in [0.25, 0.3) is 0 Å². The molecule has 0 bridgehead atoms. The number of rotatable bonds is 3.